The quantitative estimate of drug-likeness (QED) is 0.755. The molecule has 0 aromatic heterocycles. The zero-order chi connectivity index (χ0) is 13.9. The van der Waals surface area contributed by atoms with Gasteiger partial charge >= 0.3 is 0 Å². The number of halogens is 1. The molecule has 0 spiro atoms. The third-order valence-corrected chi connectivity index (χ3v) is 4.90. The number of para-hydroxylation sites is 1. The lowest BCUT2D eigenvalue weighted by Crippen LogP contribution is -2.35. The fourth-order valence-electron chi connectivity index (χ4n) is 3.17. The fourth-order valence-corrected chi connectivity index (χ4v) is 3.70. The zero-order valence-corrected chi connectivity index (χ0v) is 13.9. The number of amides is 1. The van der Waals surface area contributed by atoms with E-state index >= 15 is 0 Å². The molecular weight excluding hydrogens is 349 g/mol. The first kappa shape index (κ1) is 14.8. The van der Waals surface area contributed by atoms with Crippen molar-refractivity contribution in [3.05, 3.63) is 27.8 Å². The zero-order valence-electron chi connectivity index (χ0n) is 11.7. The molecule has 0 radical (unpaired) electrons. The van der Waals surface area contributed by atoms with Crippen LogP contribution in [0.1, 0.15) is 46.0 Å². The minimum atomic E-state index is -0.132. The Bertz CT molecular complexity index is 450. The molecule has 0 atom stereocenters. The number of anilines is 1. The monoisotopic (exact) mass is 371 g/mol. The van der Waals surface area contributed by atoms with E-state index in [9.17, 15) is 4.79 Å². The Labute approximate surface area is 129 Å². The van der Waals surface area contributed by atoms with Gasteiger partial charge in [0.1, 0.15) is 0 Å². The van der Waals surface area contributed by atoms with Crippen molar-refractivity contribution >= 4 is 34.2 Å². The second-order valence-corrected chi connectivity index (χ2v) is 7.18. The summed E-state index contributed by atoms with van der Waals surface area (Å²) in [7, 11) is 0. The molecule has 1 aromatic carbocycles. The summed E-state index contributed by atoms with van der Waals surface area (Å²) in [6.07, 6.45) is 5.46. The van der Waals surface area contributed by atoms with Crippen molar-refractivity contribution in [2.75, 3.05) is 5.32 Å². The summed E-state index contributed by atoms with van der Waals surface area (Å²) < 4.78 is 1.10. The Balaban J connectivity index is 2.15. The van der Waals surface area contributed by atoms with Crippen LogP contribution in [0.25, 0.3) is 0 Å². The molecule has 0 heterocycles. The van der Waals surface area contributed by atoms with Gasteiger partial charge in [0, 0.05) is 8.99 Å². The Hall–Kier alpha value is -0.580. The molecule has 1 amide bonds. The van der Waals surface area contributed by atoms with E-state index in [0.29, 0.717) is 5.92 Å². The highest BCUT2D eigenvalue weighted by atomic mass is 127. The molecule has 104 valence electrons. The maximum absolute atomic E-state index is 12.7. The fraction of sp³-hybridized carbons (Fsp3) is 0.562. The van der Waals surface area contributed by atoms with Crippen LogP contribution in [0.4, 0.5) is 5.69 Å². The predicted molar refractivity (Wildman–Crippen MR) is 88.1 cm³/mol. The topological polar surface area (TPSA) is 29.1 Å². The second-order valence-electron chi connectivity index (χ2n) is 6.02. The molecule has 2 rings (SSSR count). The molecule has 2 nitrogen and oxygen atoms in total. The molecule has 0 bridgehead atoms. The minimum absolute atomic E-state index is 0.132. The van der Waals surface area contributed by atoms with Gasteiger partial charge in [-0.05, 0) is 59.9 Å². The largest absolute Gasteiger partial charge is 0.325 e. The minimum Gasteiger partial charge on any atom is -0.325 e. The lowest BCUT2D eigenvalue weighted by molar-refractivity contribution is -0.126. The Morgan fingerprint density at radius 3 is 2.53 bits per heavy atom. The number of carbonyl (C=O) groups excluding carboxylic acids is 1. The van der Waals surface area contributed by atoms with Gasteiger partial charge in [-0.15, -0.1) is 0 Å². The van der Waals surface area contributed by atoms with Crippen LogP contribution in [-0.2, 0) is 4.79 Å². The third kappa shape index (κ3) is 3.50. The van der Waals surface area contributed by atoms with Crippen molar-refractivity contribution in [2.45, 2.75) is 46.0 Å². The molecule has 1 N–H and O–H groups in total. The molecule has 3 heteroatoms. The van der Waals surface area contributed by atoms with Gasteiger partial charge in [0.25, 0.3) is 0 Å². The van der Waals surface area contributed by atoms with Crippen LogP contribution >= 0.6 is 22.6 Å². The van der Waals surface area contributed by atoms with Gasteiger partial charge in [-0.2, -0.15) is 0 Å². The first-order valence-corrected chi connectivity index (χ1v) is 8.17. The van der Waals surface area contributed by atoms with Crippen LogP contribution in [0, 0.1) is 14.9 Å². The number of rotatable bonds is 4. The summed E-state index contributed by atoms with van der Waals surface area (Å²) in [6, 6.07) is 7.98. The number of hydrogen-bond acceptors (Lipinski definition) is 1. The van der Waals surface area contributed by atoms with Gasteiger partial charge in [0.15, 0.2) is 0 Å². The van der Waals surface area contributed by atoms with E-state index in [1.165, 1.54) is 12.8 Å². The molecule has 0 unspecified atom stereocenters. The number of carbonyl (C=O) groups is 1. The number of nitrogens with one attached hydrogen (secondary N) is 1. The van der Waals surface area contributed by atoms with Crippen molar-refractivity contribution < 1.29 is 4.79 Å². The molecule has 1 aliphatic rings. The summed E-state index contributed by atoms with van der Waals surface area (Å²) in [6.45, 7) is 4.42. The lowest BCUT2D eigenvalue weighted by atomic mass is 9.77. The second kappa shape index (κ2) is 6.25. The maximum Gasteiger partial charge on any atom is 0.230 e. The Morgan fingerprint density at radius 1 is 1.32 bits per heavy atom. The highest BCUT2D eigenvalue weighted by molar-refractivity contribution is 14.1. The van der Waals surface area contributed by atoms with Crippen LogP contribution < -0.4 is 5.32 Å². The predicted octanol–water partition coefficient (Wildman–Crippen LogP) is 4.84. The molecule has 1 aliphatic carbocycles. The van der Waals surface area contributed by atoms with E-state index in [0.717, 1.165) is 28.5 Å². The van der Waals surface area contributed by atoms with Crippen LogP contribution in [0.3, 0.4) is 0 Å². The Kier molecular flexibility index (Phi) is 4.87. The molecule has 0 aliphatic heterocycles. The van der Waals surface area contributed by atoms with Gasteiger partial charge in [-0.25, -0.2) is 0 Å². The van der Waals surface area contributed by atoms with E-state index in [4.69, 9.17) is 0 Å². The highest BCUT2D eigenvalue weighted by Crippen LogP contribution is 2.44. The van der Waals surface area contributed by atoms with Crippen LogP contribution in [-0.4, -0.2) is 5.91 Å². The van der Waals surface area contributed by atoms with Crippen LogP contribution in [0.2, 0.25) is 0 Å². The average molecular weight is 371 g/mol. The van der Waals surface area contributed by atoms with E-state index < -0.39 is 0 Å². The van der Waals surface area contributed by atoms with Gasteiger partial charge in [-0.1, -0.05) is 38.8 Å². The first-order valence-electron chi connectivity index (χ1n) is 7.09. The molecular formula is C16H22INO. The molecule has 1 fully saturated rings. The third-order valence-electron chi connectivity index (χ3n) is 3.96. The SMILES string of the molecule is CC(C)CC1(C(=O)Nc2ccccc2I)CCCC1. The van der Waals surface area contributed by atoms with E-state index in [2.05, 4.69) is 41.8 Å². The first-order chi connectivity index (χ1) is 9.03. The van der Waals surface area contributed by atoms with Gasteiger partial charge in [0.05, 0.1) is 5.69 Å². The molecule has 1 saturated carbocycles. The molecule has 19 heavy (non-hydrogen) atoms. The maximum atomic E-state index is 12.7. The van der Waals surface area contributed by atoms with E-state index in [1.54, 1.807) is 0 Å². The van der Waals surface area contributed by atoms with Crippen molar-refractivity contribution in [3.63, 3.8) is 0 Å². The van der Waals surface area contributed by atoms with Crippen molar-refractivity contribution in [1.29, 1.82) is 0 Å². The summed E-state index contributed by atoms with van der Waals surface area (Å²) in [5.41, 5.74) is 0.815. The van der Waals surface area contributed by atoms with Crippen molar-refractivity contribution in [3.8, 4) is 0 Å². The lowest BCUT2D eigenvalue weighted by Gasteiger charge is -2.29. The number of benzene rings is 1. The summed E-state index contributed by atoms with van der Waals surface area (Å²) in [4.78, 5) is 12.7. The Morgan fingerprint density at radius 2 is 1.95 bits per heavy atom. The smallest absolute Gasteiger partial charge is 0.230 e. The van der Waals surface area contributed by atoms with Crippen LogP contribution in [0.15, 0.2) is 24.3 Å². The summed E-state index contributed by atoms with van der Waals surface area (Å²) >= 11 is 2.27. The normalized spacial score (nSPS) is 17.7. The van der Waals surface area contributed by atoms with E-state index in [-0.39, 0.29) is 11.3 Å². The average Bonchev–Trinajstić information content (AvgIpc) is 2.81. The van der Waals surface area contributed by atoms with Gasteiger partial charge in [0.2, 0.25) is 5.91 Å². The summed E-state index contributed by atoms with van der Waals surface area (Å²) in [5, 5.41) is 3.15. The molecule has 0 saturated heterocycles. The van der Waals surface area contributed by atoms with Crippen LogP contribution in [0.5, 0.6) is 0 Å². The standard InChI is InChI=1S/C16H22INO/c1-12(2)11-16(9-5-6-10-16)15(19)18-14-8-4-3-7-13(14)17/h3-4,7-8,12H,5-6,9-11H2,1-2H3,(H,18,19). The number of hydrogen-bond donors (Lipinski definition) is 1. The molecule has 1 aromatic rings. The van der Waals surface area contributed by atoms with Crippen molar-refractivity contribution in [1.82, 2.24) is 0 Å². The summed E-state index contributed by atoms with van der Waals surface area (Å²) in [5.74, 6) is 0.793. The van der Waals surface area contributed by atoms with Crippen molar-refractivity contribution in [2.24, 2.45) is 11.3 Å². The van der Waals surface area contributed by atoms with Gasteiger partial charge in [-0.3, -0.25) is 4.79 Å². The van der Waals surface area contributed by atoms with Gasteiger partial charge < -0.3 is 5.32 Å². The van der Waals surface area contributed by atoms with E-state index in [1.807, 2.05) is 24.3 Å². The highest BCUT2D eigenvalue weighted by Gasteiger charge is 2.41.